The SMILES string of the molecule is CCOc1ccc(OS(=O)(=O)O)cc1OCCN[C@H](C)Cc1ccc(OC)c(S(N)(=O)=O)c1. The molecule has 0 aliphatic heterocycles. The van der Waals surface area contributed by atoms with Crippen LogP contribution in [0.15, 0.2) is 41.3 Å². The Hall–Kier alpha value is -2.58. The van der Waals surface area contributed by atoms with Gasteiger partial charge in [0.25, 0.3) is 0 Å². The van der Waals surface area contributed by atoms with Crippen LogP contribution in [0.25, 0.3) is 0 Å². The fourth-order valence-corrected chi connectivity index (χ4v) is 4.11. The van der Waals surface area contributed by atoms with Crippen molar-refractivity contribution < 1.29 is 39.8 Å². The molecular weight excluding hydrogens is 476 g/mol. The molecule has 0 spiro atoms. The highest BCUT2D eigenvalue weighted by Gasteiger charge is 2.17. The Kier molecular flexibility index (Phi) is 9.31. The molecular formula is C20H28N2O9S2. The topological polar surface area (TPSA) is 163 Å². The first kappa shape index (κ1) is 26.7. The first-order valence-corrected chi connectivity index (χ1v) is 12.8. The van der Waals surface area contributed by atoms with Crippen molar-refractivity contribution in [3.8, 4) is 23.0 Å². The minimum absolute atomic E-state index is 0.0316. The number of nitrogens with two attached hydrogens (primary N) is 1. The van der Waals surface area contributed by atoms with Crippen LogP contribution in [0.3, 0.4) is 0 Å². The Labute approximate surface area is 193 Å². The van der Waals surface area contributed by atoms with Crippen molar-refractivity contribution in [1.29, 1.82) is 0 Å². The van der Waals surface area contributed by atoms with Gasteiger partial charge < -0.3 is 23.7 Å². The van der Waals surface area contributed by atoms with Crippen molar-refractivity contribution in [2.24, 2.45) is 5.14 Å². The van der Waals surface area contributed by atoms with E-state index in [1.807, 2.05) is 6.92 Å². The third-order valence-electron chi connectivity index (χ3n) is 4.35. The molecule has 4 N–H and O–H groups in total. The summed E-state index contributed by atoms with van der Waals surface area (Å²) >= 11 is 0. The summed E-state index contributed by atoms with van der Waals surface area (Å²) in [6.45, 7) is 4.72. The van der Waals surface area contributed by atoms with Crippen molar-refractivity contribution in [1.82, 2.24) is 5.32 Å². The monoisotopic (exact) mass is 504 g/mol. The van der Waals surface area contributed by atoms with Gasteiger partial charge in [-0.25, -0.2) is 13.6 Å². The van der Waals surface area contributed by atoms with E-state index in [2.05, 4.69) is 9.50 Å². The van der Waals surface area contributed by atoms with Gasteiger partial charge in [0.15, 0.2) is 11.5 Å². The van der Waals surface area contributed by atoms with Gasteiger partial charge in [-0.3, -0.25) is 4.55 Å². The predicted octanol–water partition coefficient (Wildman–Crippen LogP) is 1.52. The molecule has 13 heteroatoms. The van der Waals surface area contributed by atoms with E-state index in [1.165, 1.54) is 31.4 Å². The summed E-state index contributed by atoms with van der Waals surface area (Å²) in [5, 5.41) is 8.51. The van der Waals surface area contributed by atoms with Crippen LogP contribution in [0.2, 0.25) is 0 Å². The van der Waals surface area contributed by atoms with Gasteiger partial charge in [-0.15, -0.1) is 0 Å². The zero-order valence-electron chi connectivity index (χ0n) is 18.5. The quantitative estimate of drug-likeness (QED) is 0.269. The summed E-state index contributed by atoms with van der Waals surface area (Å²) in [6, 6.07) is 8.88. The van der Waals surface area contributed by atoms with E-state index in [0.29, 0.717) is 25.3 Å². The molecule has 0 aliphatic carbocycles. The lowest BCUT2D eigenvalue weighted by atomic mass is 10.1. The van der Waals surface area contributed by atoms with E-state index in [9.17, 15) is 16.8 Å². The second-order valence-electron chi connectivity index (χ2n) is 6.99. The highest BCUT2D eigenvalue weighted by atomic mass is 32.3. The van der Waals surface area contributed by atoms with E-state index < -0.39 is 20.4 Å². The lowest BCUT2D eigenvalue weighted by molar-refractivity contribution is 0.271. The molecule has 2 rings (SSSR count). The summed E-state index contributed by atoms with van der Waals surface area (Å²) in [7, 11) is -7.21. The zero-order chi connectivity index (χ0) is 24.6. The average molecular weight is 505 g/mol. The van der Waals surface area contributed by atoms with Crippen LogP contribution in [0.5, 0.6) is 23.0 Å². The molecule has 184 valence electrons. The van der Waals surface area contributed by atoms with Crippen molar-refractivity contribution in [3.63, 3.8) is 0 Å². The molecule has 2 aromatic rings. The van der Waals surface area contributed by atoms with Crippen molar-refractivity contribution in [3.05, 3.63) is 42.0 Å². The number of sulfonamides is 1. The van der Waals surface area contributed by atoms with E-state index >= 15 is 0 Å². The van der Waals surface area contributed by atoms with Gasteiger partial charge in [0.2, 0.25) is 10.0 Å². The fourth-order valence-electron chi connectivity index (χ4n) is 3.01. The van der Waals surface area contributed by atoms with E-state index in [-0.39, 0.29) is 34.8 Å². The number of hydrogen-bond acceptors (Lipinski definition) is 9. The summed E-state index contributed by atoms with van der Waals surface area (Å²) in [5.74, 6) is 0.699. The summed E-state index contributed by atoms with van der Waals surface area (Å²) in [4.78, 5) is -0.0755. The third kappa shape index (κ3) is 8.70. The Morgan fingerprint density at radius 1 is 1.03 bits per heavy atom. The molecule has 0 radical (unpaired) electrons. The largest absolute Gasteiger partial charge is 0.495 e. The van der Waals surface area contributed by atoms with Crippen LogP contribution in [-0.4, -0.2) is 54.3 Å². The highest BCUT2D eigenvalue weighted by Crippen LogP contribution is 2.32. The minimum atomic E-state index is -4.66. The number of ether oxygens (including phenoxy) is 3. The molecule has 33 heavy (non-hydrogen) atoms. The lowest BCUT2D eigenvalue weighted by Gasteiger charge is -2.17. The van der Waals surface area contributed by atoms with Crippen molar-refractivity contribution in [2.75, 3.05) is 26.9 Å². The van der Waals surface area contributed by atoms with Gasteiger partial charge >= 0.3 is 10.4 Å². The van der Waals surface area contributed by atoms with E-state index in [0.717, 1.165) is 5.56 Å². The third-order valence-corrected chi connectivity index (χ3v) is 5.68. The summed E-state index contributed by atoms with van der Waals surface area (Å²) < 4.78 is 74.9. The molecule has 11 nitrogen and oxygen atoms in total. The van der Waals surface area contributed by atoms with Crippen LogP contribution in [0.4, 0.5) is 0 Å². The number of methoxy groups -OCH3 is 1. The van der Waals surface area contributed by atoms with Gasteiger partial charge in [-0.2, -0.15) is 8.42 Å². The lowest BCUT2D eigenvalue weighted by Crippen LogP contribution is -2.32. The molecule has 0 fully saturated rings. The maximum absolute atomic E-state index is 11.8. The van der Waals surface area contributed by atoms with E-state index in [4.69, 9.17) is 23.9 Å². The fraction of sp³-hybridized carbons (Fsp3) is 0.400. The minimum Gasteiger partial charge on any atom is -0.495 e. The van der Waals surface area contributed by atoms with Crippen molar-refractivity contribution in [2.45, 2.75) is 31.2 Å². The molecule has 0 aliphatic rings. The van der Waals surface area contributed by atoms with Gasteiger partial charge in [0.1, 0.15) is 23.0 Å². The summed E-state index contributed by atoms with van der Waals surface area (Å²) in [5.41, 5.74) is 0.759. The molecule has 0 saturated heterocycles. The number of nitrogens with one attached hydrogen (secondary N) is 1. The van der Waals surface area contributed by atoms with Crippen molar-refractivity contribution >= 4 is 20.4 Å². The Balaban J connectivity index is 1.96. The van der Waals surface area contributed by atoms with Crippen LogP contribution in [-0.2, 0) is 26.8 Å². The first-order chi connectivity index (χ1) is 15.4. The van der Waals surface area contributed by atoms with Gasteiger partial charge in [-0.1, -0.05) is 6.07 Å². The maximum Gasteiger partial charge on any atom is 0.446 e. The Morgan fingerprint density at radius 3 is 2.33 bits per heavy atom. The number of rotatable bonds is 13. The standard InChI is InChI=1S/C20H28N2O9S2/c1-4-29-17-8-6-16(31-33(25,26)27)13-19(17)30-10-9-22-14(2)11-15-5-7-18(28-3)20(12-15)32(21,23)24/h5-8,12-14,22H,4,9-11H2,1-3H3,(H2,21,23,24)(H,25,26,27)/t14-/m1/s1. The number of hydrogen-bond donors (Lipinski definition) is 3. The average Bonchev–Trinajstić information content (AvgIpc) is 2.71. The second kappa shape index (κ2) is 11.5. The predicted molar refractivity (Wildman–Crippen MR) is 121 cm³/mol. The smallest absolute Gasteiger partial charge is 0.446 e. The molecule has 2 aromatic carbocycles. The maximum atomic E-state index is 11.8. The van der Waals surface area contributed by atoms with Crippen LogP contribution in [0.1, 0.15) is 19.4 Å². The molecule has 0 heterocycles. The zero-order valence-corrected chi connectivity index (χ0v) is 20.1. The van der Waals surface area contributed by atoms with Crippen LogP contribution >= 0.6 is 0 Å². The number of primary sulfonamides is 1. The van der Waals surface area contributed by atoms with Crippen LogP contribution in [0, 0.1) is 0 Å². The van der Waals surface area contributed by atoms with Gasteiger partial charge in [0.05, 0.1) is 13.7 Å². The van der Waals surface area contributed by atoms with Gasteiger partial charge in [0, 0.05) is 18.7 Å². The van der Waals surface area contributed by atoms with Crippen LogP contribution < -0.4 is 28.8 Å². The molecule has 0 saturated carbocycles. The Bertz CT molecular complexity index is 1150. The molecule has 0 amide bonds. The van der Waals surface area contributed by atoms with Gasteiger partial charge in [-0.05, 0) is 50.1 Å². The molecule has 0 aromatic heterocycles. The highest BCUT2D eigenvalue weighted by molar-refractivity contribution is 7.89. The molecule has 0 bridgehead atoms. The Morgan fingerprint density at radius 2 is 1.73 bits per heavy atom. The molecule has 1 atom stereocenters. The number of benzene rings is 2. The molecule has 0 unspecified atom stereocenters. The van der Waals surface area contributed by atoms with E-state index in [1.54, 1.807) is 19.1 Å². The normalized spacial score (nSPS) is 12.8. The second-order valence-corrected chi connectivity index (χ2v) is 9.54. The summed E-state index contributed by atoms with van der Waals surface area (Å²) in [6.07, 6.45) is 0.522. The first-order valence-electron chi connectivity index (χ1n) is 9.92.